The van der Waals surface area contributed by atoms with Crippen LogP contribution in [0.25, 0.3) is 6.08 Å². The maximum atomic E-state index is 11.9. The normalized spacial score (nSPS) is 10.6. The molecule has 0 atom stereocenters. The number of nitrogens with two attached hydrogens (primary N) is 1. The maximum absolute atomic E-state index is 11.9. The Morgan fingerprint density at radius 1 is 1.14 bits per heavy atom. The van der Waals surface area contributed by atoms with E-state index in [1.807, 2.05) is 0 Å². The zero-order chi connectivity index (χ0) is 16.0. The lowest BCUT2D eigenvalue weighted by molar-refractivity contribution is -0.143. The van der Waals surface area contributed by atoms with Crippen molar-refractivity contribution >= 4 is 47.1 Å². The number of primary amides is 1. The van der Waals surface area contributed by atoms with Crippen LogP contribution in [0, 0.1) is 0 Å². The van der Waals surface area contributed by atoms with E-state index in [4.69, 9.17) is 34.0 Å². The van der Waals surface area contributed by atoms with Crippen LogP contribution in [0.2, 0.25) is 10.0 Å². The van der Waals surface area contributed by atoms with Crippen LogP contribution in [0.1, 0.15) is 5.56 Å². The van der Waals surface area contributed by atoms with Crippen molar-refractivity contribution in [2.45, 2.75) is 0 Å². The monoisotopic (exact) mass is 330 g/mol. The van der Waals surface area contributed by atoms with Gasteiger partial charge in [-0.25, -0.2) is 0 Å². The van der Waals surface area contributed by atoms with Crippen molar-refractivity contribution in [2.24, 2.45) is 5.73 Å². The lowest BCUT2D eigenvalue weighted by Crippen LogP contribution is -2.40. The molecule has 0 aliphatic carbocycles. The molecule has 21 heavy (non-hydrogen) atoms. The first-order valence-electron chi connectivity index (χ1n) is 5.71. The Balaban J connectivity index is 2.86. The zero-order valence-electron chi connectivity index (χ0n) is 10.8. The molecule has 0 unspecified atom stereocenters. The standard InChI is InChI=1S/C13H12Cl2N2O4/c14-9-3-8(4-10(15)5-9)1-2-12(19)17(6-11(16)18)7-13(20)21/h1-5H,6-7H2,(H2,16,18)(H,20,21)/b2-1+. The number of carboxylic acid groups (broad SMARTS) is 1. The van der Waals surface area contributed by atoms with Gasteiger partial charge in [0.2, 0.25) is 11.8 Å². The summed E-state index contributed by atoms with van der Waals surface area (Å²) in [6.45, 7) is -1.10. The number of carbonyl (C=O) groups is 3. The fourth-order valence-electron chi connectivity index (χ4n) is 1.51. The summed E-state index contributed by atoms with van der Waals surface area (Å²) in [4.78, 5) is 34.2. The van der Waals surface area contributed by atoms with Gasteiger partial charge < -0.3 is 15.7 Å². The Labute approximate surface area is 130 Å². The van der Waals surface area contributed by atoms with Crippen molar-refractivity contribution in [3.63, 3.8) is 0 Å². The van der Waals surface area contributed by atoms with Crippen molar-refractivity contribution in [3.8, 4) is 0 Å². The molecule has 0 heterocycles. The molecular formula is C13H12Cl2N2O4. The van der Waals surface area contributed by atoms with Crippen LogP contribution in [0.3, 0.4) is 0 Å². The quantitative estimate of drug-likeness (QED) is 0.770. The predicted octanol–water partition coefficient (Wildman–Crippen LogP) is 1.41. The number of hydrogen-bond donors (Lipinski definition) is 2. The molecule has 0 aliphatic heterocycles. The first-order chi connectivity index (χ1) is 9.77. The first kappa shape index (κ1) is 17.0. The van der Waals surface area contributed by atoms with E-state index in [2.05, 4.69) is 0 Å². The van der Waals surface area contributed by atoms with E-state index in [-0.39, 0.29) is 0 Å². The second-order valence-electron chi connectivity index (χ2n) is 4.09. The number of benzene rings is 1. The fraction of sp³-hybridized carbons (Fsp3) is 0.154. The molecule has 0 saturated heterocycles. The van der Waals surface area contributed by atoms with E-state index < -0.39 is 30.9 Å². The number of rotatable bonds is 6. The molecule has 0 aromatic heterocycles. The third-order valence-electron chi connectivity index (χ3n) is 2.29. The number of nitrogens with zero attached hydrogens (tertiary/aromatic N) is 1. The minimum atomic E-state index is -1.25. The molecule has 0 saturated carbocycles. The number of amides is 2. The Bertz CT molecular complexity index is 566. The van der Waals surface area contributed by atoms with Gasteiger partial charge in [0, 0.05) is 16.1 Å². The van der Waals surface area contributed by atoms with Crippen molar-refractivity contribution in [3.05, 3.63) is 39.9 Å². The Morgan fingerprint density at radius 2 is 1.71 bits per heavy atom. The second kappa shape index (κ2) is 7.66. The lowest BCUT2D eigenvalue weighted by atomic mass is 10.2. The number of hydrogen-bond acceptors (Lipinski definition) is 3. The van der Waals surface area contributed by atoms with Gasteiger partial charge in [-0.05, 0) is 29.8 Å². The second-order valence-corrected chi connectivity index (χ2v) is 4.96. The van der Waals surface area contributed by atoms with Crippen molar-refractivity contribution < 1.29 is 19.5 Å². The zero-order valence-corrected chi connectivity index (χ0v) is 12.3. The van der Waals surface area contributed by atoms with Gasteiger partial charge in [0.15, 0.2) is 0 Å². The lowest BCUT2D eigenvalue weighted by Gasteiger charge is -2.16. The number of carbonyl (C=O) groups excluding carboxylic acids is 2. The summed E-state index contributed by atoms with van der Waals surface area (Å²) < 4.78 is 0. The van der Waals surface area contributed by atoms with Gasteiger partial charge in [-0.1, -0.05) is 23.2 Å². The number of aliphatic carboxylic acids is 1. The molecule has 2 amide bonds. The molecule has 112 valence electrons. The van der Waals surface area contributed by atoms with Gasteiger partial charge >= 0.3 is 5.97 Å². The molecule has 8 heteroatoms. The highest BCUT2D eigenvalue weighted by Crippen LogP contribution is 2.19. The summed E-state index contributed by atoms with van der Waals surface area (Å²) in [5, 5.41) is 9.49. The van der Waals surface area contributed by atoms with Crippen LogP contribution >= 0.6 is 23.2 Å². The molecule has 0 fully saturated rings. The van der Waals surface area contributed by atoms with Crippen LogP contribution in [0.5, 0.6) is 0 Å². The SMILES string of the molecule is NC(=O)CN(CC(=O)O)C(=O)/C=C/c1cc(Cl)cc(Cl)c1. The number of halogens is 2. The molecular weight excluding hydrogens is 319 g/mol. The summed E-state index contributed by atoms with van der Waals surface area (Å²) in [7, 11) is 0. The van der Waals surface area contributed by atoms with Crippen LogP contribution in [0.15, 0.2) is 24.3 Å². The molecule has 1 aromatic rings. The average molecular weight is 331 g/mol. The van der Waals surface area contributed by atoms with Gasteiger partial charge in [-0.2, -0.15) is 0 Å². The van der Waals surface area contributed by atoms with E-state index >= 15 is 0 Å². The minimum Gasteiger partial charge on any atom is -0.480 e. The summed E-state index contributed by atoms with van der Waals surface area (Å²) in [6, 6.07) is 4.69. The van der Waals surface area contributed by atoms with E-state index in [0.29, 0.717) is 15.6 Å². The largest absolute Gasteiger partial charge is 0.480 e. The van der Waals surface area contributed by atoms with Gasteiger partial charge in [0.25, 0.3) is 0 Å². The number of carboxylic acids is 1. The average Bonchev–Trinajstić information content (AvgIpc) is 2.32. The molecule has 6 nitrogen and oxygen atoms in total. The third kappa shape index (κ3) is 6.29. The van der Waals surface area contributed by atoms with Crippen LogP contribution in [0.4, 0.5) is 0 Å². The molecule has 0 spiro atoms. The van der Waals surface area contributed by atoms with Crippen LogP contribution in [-0.2, 0) is 14.4 Å². The Kier molecular flexibility index (Phi) is 6.20. The molecule has 0 radical (unpaired) electrons. The molecule has 0 bridgehead atoms. The summed E-state index contributed by atoms with van der Waals surface area (Å²) in [5.41, 5.74) is 5.53. The summed E-state index contributed by atoms with van der Waals surface area (Å²) in [5.74, 6) is -2.71. The van der Waals surface area contributed by atoms with Crippen molar-refractivity contribution in [1.82, 2.24) is 4.90 Å². The maximum Gasteiger partial charge on any atom is 0.323 e. The smallest absolute Gasteiger partial charge is 0.323 e. The fourth-order valence-corrected chi connectivity index (χ4v) is 2.05. The highest BCUT2D eigenvalue weighted by Gasteiger charge is 2.16. The third-order valence-corrected chi connectivity index (χ3v) is 2.72. The van der Waals surface area contributed by atoms with Crippen molar-refractivity contribution in [1.29, 1.82) is 0 Å². The van der Waals surface area contributed by atoms with Crippen LogP contribution in [-0.4, -0.2) is 40.9 Å². The highest BCUT2D eigenvalue weighted by molar-refractivity contribution is 6.34. The minimum absolute atomic E-state index is 0.397. The van der Waals surface area contributed by atoms with Crippen LogP contribution < -0.4 is 5.73 Å². The first-order valence-corrected chi connectivity index (χ1v) is 6.46. The summed E-state index contributed by atoms with van der Waals surface area (Å²) >= 11 is 11.6. The molecule has 3 N–H and O–H groups in total. The van der Waals surface area contributed by atoms with E-state index in [1.165, 1.54) is 12.1 Å². The molecule has 1 aromatic carbocycles. The van der Waals surface area contributed by atoms with E-state index in [1.54, 1.807) is 12.1 Å². The Morgan fingerprint density at radius 3 is 2.19 bits per heavy atom. The van der Waals surface area contributed by atoms with Gasteiger partial charge in [-0.3, -0.25) is 14.4 Å². The van der Waals surface area contributed by atoms with E-state index in [9.17, 15) is 14.4 Å². The topological polar surface area (TPSA) is 101 Å². The van der Waals surface area contributed by atoms with Gasteiger partial charge in [0.1, 0.15) is 13.1 Å². The van der Waals surface area contributed by atoms with Gasteiger partial charge in [-0.15, -0.1) is 0 Å². The summed E-state index contributed by atoms with van der Waals surface area (Å²) in [6.07, 6.45) is 2.53. The molecule has 0 aliphatic rings. The predicted molar refractivity (Wildman–Crippen MR) is 78.9 cm³/mol. The van der Waals surface area contributed by atoms with Crippen molar-refractivity contribution in [2.75, 3.05) is 13.1 Å². The van der Waals surface area contributed by atoms with E-state index in [0.717, 1.165) is 11.0 Å². The molecule has 1 rings (SSSR count). The Hall–Kier alpha value is -2.05. The highest BCUT2D eigenvalue weighted by atomic mass is 35.5. The van der Waals surface area contributed by atoms with Gasteiger partial charge in [0.05, 0.1) is 0 Å².